The quantitative estimate of drug-likeness (QED) is 0.807. The monoisotopic (exact) mass is 262 g/mol. The number of piperidine rings is 1. The fourth-order valence-corrected chi connectivity index (χ4v) is 2.33. The van der Waals surface area contributed by atoms with Gasteiger partial charge in [-0.25, -0.2) is 4.98 Å². The van der Waals surface area contributed by atoms with Crippen molar-refractivity contribution in [2.24, 2.45) is 0 Å². The number of hydrogen-bond donors (Lipinski definition) is 2. The first-order valence-corrected chi connectivity index (χ1v) is 6.86. The molecule has 2 heterocycles. The minimum atomic E-state index is -0.0300. The molecule has 0 saturated carbocycles. The topological polar surface area (TPSA) is 61.0 Å². The summed E-state index contributed by atoms with van der Waals surface area (Å²) in [4.78, 5) is 21.0. The molecule has 0 bridgehead atoms. The molecule has 0 unspecified atom stereocenters. The Kier molecular flexibility index (Phi) is 4.74. The van der Waals surface area contributed by atoms with Gasteiger partial charge in [-0.15, -0.1) is 0 Å². The molecule has 0 aliphatic carbocycles. The highest BCUT2D eigenvalue weighted by molar-refractivity contribution is 5.91. The third-order valence-electron chi connectivity index (χ3n) is 3.54. The van der Waals surface area contributed by atoms with Crippen LogP contribution in [0.3, 0.4) is 0 Å². The number of carbonyl (C=O) groups excluding carboxylic acids is 1. The van der Waals surface area contributed by atoms with Gasteiger partial charge in [0.05, 0.1) is 18.2 Å². The van der Waals surface area contributed by atoms with Crippen LogP contribution in [0.2, 0.25) is 0 Å². The van der Waals surface area contributed by atoms with Crippen molar-refractivity contribution in [2.45, 2.75) is 38.8 Å². The number of carbonyl (C=O) groups is 1. The predicted molar refractivity (Wildman–Crippen MR) is 75.5 cm³/mol. The molecule has 2 rings (SSSR count). The lowest BCUT2D eigenvalue weighted by Crippen LogP contribution is -2.46. The van der Waals surface area contributed by atoms with E-state index in [-0.39, 0.29) is 5.91 Å². The average molecular weight is 262 g/mol. The van der Waals surface area contributed by atoms with E-state index in [4.69, 9.17) is 0 Å². The van der Waals surface area contributed by atoms with Gasteiger partial charge in [-0.1, -0.05) is 0 Å². The van der Waals surface area contributed by atoms with E-state index in [0.717, 1.165) is 31.6 Å². The van der Waals surface area contributed by atoms with Gasteiger partial charge in [0.2, 0.25) is 5.91 Å². The first-order valence-electron chi connectivity index (χ1n) is 6.86. The molecule has 0 radical (unpaired) electrons. The zero-order valence-electron chi connectivity index (χ0n) is 11.6. The summed E-state index contributed by atoms with van der Waals surface area (Å²) in [5.74, 6) is -0.0300. The summed E-state index contributed by atoms with van der Waals surface area (Å²) < 4.78 is 0. The number of H-pyrrole nitrogens is 1. The third kappa shape index (κ3) is 4.21. The second-order valence-corrected chi connectivity index (χ2v) is 5.25. The molecule has 19 heavy (non-hydrogen) atoms. The van der Waals surface area contributed by atoms with Crippen LogP contribution in [0.25, 0.3) is 6.08 Å². The van der Waals surface area contributed by atoms with Crippen LogP contribution in [0.15, 0.2) is 18.6 Å². The Morgan fingerprint density at radius 1 is 1.53 bits per heavy atom. The lowest BCUT2D eigenvalue weighted by molar-refractivity contribution is -0.117. The van der Waals surface area contributed by atoms with E-state index in [1.807, 2.05) is 0 Å². The van der Waals surface area contributed by atoms with E-state index in [1.165, 1.54) is 0 Å². The third-order valence-corrected chi connectivity index (χ3v) is 3.54. The van der Waals surface area contributed by atoms with Crippen LogP contribution in [0.4, 0.5) is 0 Å². The van der Waals surface area contributed by atoms with Crippen LogP contribution >= 0.6 is 0 Å². The van der Waals surface area contributed by atoms with E-state index in [9.17, 15) is 4.79 Å². The first kappa shape index (κ1) is 13.8. The zero-order valence-corrected chi connectivity index (χ0v) is 11.6. The Labute approximate surface area is 114 Å². The van der Waals surface area contributed by atoms with Gasteiger partial charge in [0.15, 0.2) is 0 Å². The van der Waals surface area contributed by atoms with Gasteiger partial charge in [0.1, 0.15) is 0 Å². The maximum atomic E-state index is 11.8. The largest absolute Gasteiger partial charge is 0.350 e. The fraction of sp³-hybridized carbons (Fsp3) is 0.571. The van der Waals surface area contributed by atoms with Crippen LogP contribution in [0, 0.1) is 0 Å². The standard InChI is InChI=1S/C14H22N4O/c1-11(2)18-7-5-12(6-8-18)17-14(19)4-3-13-9-15-10-16-13/h3-4,9-12H,5-8H2,1-2H3,(H,15,16)(H,17,19)/b4-3+. The smallest absolute Gasteiger partial charge is 0.244 e. The highest BCUT2D eigenvalue weighted by Gasteiger charge is 2.21. The van der Waals surface area contributed by atoms with Crippen LogP contribution in [0.1, 0.15) is 32.4 Å². The molecule has 1 aromatic rings. The second kappa shape index (κ2) is 6.52. The Morgan fingerprint density at radius 2 is 2.26 bits per heavy atom. The van der Waals surface area contributed by atoms with Crippen molar-refractivity contribution in [2.75, 3.05) is 13.1 Å². The van der Waals surface area contributed by atoms with Crippen molar-refractivity contribution < 1.29 is 4.79 Å². The van der Waals surface area contributed by atoms with E-state index in [2.05, 4.69) is 34.0 Å². The highest BCUT2D eigenvalue weighted by Crippen LogP contribution is 2.12. The van der Waals surface area contributed by atoms with E-state index in [0.29, 0.717) is 12.1 Å². The fourth-order valence-electron chi connectivity index (χ4n) is 2.33. The maximum absolute atomic E-state index is 11.8. The maximum Gasteiger partial charge on any atom is 0.244 e. The number of nitrogens with one attached hydrogen (secondary N) is 2. The van der Waals surface area contributed by atoms with Crippen molar-refractivity contribution >= 4 is 12.0 Å². The lowest BCUT2D eigenvalue weighted by Gasteiger charge is -2.34. The predicted octanol–water partition coefficient (Wildman–Crippen LogP) is 1.41. The molecule has 1 amide bonds. The van der Waals surface area contributed by atoms with Crippen molar-refractivity contribution in [1.29, 1.82) is 0 Å². The summed E-state index contributed by atoms with van der Waals surface area (Å²) in [5.41, 5.74) is 0.838. The molecule has 2 N–H and O–H groups in total. The van der Waals surface area contributed by atoms with Gasteiger partial charge < -0.3 is 15.2 Å². The summed E-state index contributed by atoms with van der Waals surface area (Å²) in [6.45, 7) is 6.55. The minimum absolute atomic E-state index is 0.0300. The van der Waals surface area contributed by atoms with Crippen LogP contribution < -0.4 is 5.32 Å². The van der Waals surface area contributed by atoms with Gasteiger partial charge >= 0.3 is 0 Å². The molecular weight excluding hydrogens is 240 g/mol. The molecule has 1 saturated heterocycles. The molecule has 5 heteroatoms. The van der Waals surface area contributed by atoms with Crippen molar-refractivity contribution in [3.8, 4) is 0 Å². The Morgan fingerprint density at radius 3 is 2.84 bits per heavy atom. The van der Waals surface area contributed by atoms with Gasteiger partial charge in [-0.3, -0.25) is 4.79 Å². The number of rotatable bonds is 4. The number of nitrogens with zero attached hydrogens (tertiary/aromatic N) is 2. The second-order valence-electron chi connectivity index (χ2n) is 5.25. The number of likely N-dealkylation sites (tertiary alicyclic amines) is 1. The molecule has 1 aliphatic heterocycles. The molecule has 0 atom stereocenters. The number of imidazole rings is 1. The minimum Gasteiger partial charge on any atom is -0.350 e. The van der Waals surface area contributed by atoms with Crippen LogP contribution in [0.5, 0.6) is 0 Å². The molecule has 5 nitrogen and oxygen atoms in total. The number of amides is 1. The summed E-state index contributed by atoms with van der Waals surface area (Å²) in [5, 5.41) is 3.05. The molecule has 1 fully saturated rings. The van der Waals surface area contributed by atoms with E-state index < -0.39 is 0 Å². The summed E-state index contributed by atoms with van der Waals surface area (Å²) in [6, 6.07) is 0.894. The van der Waals surface area contributed by atoms with Gasteiger partial charge in [0, 0.05) is 31.2 Å². The van der Waals surface area contributed by atoms with Gasteiger partial charge in [0.25, 0.3) is 0 Å². The average Bonchev–Trinajstić information content (AvgIpc) is 2.90. The normalized spacial score (nSPS) is 18.3. The summed E-state index contributed by atoms with van der Waals surface area (Å²) >= 11 is 0. The Balaban J connectivity index is 1.75. The molecular formula is C14H22N4O. The van der Waals surface area contributed by atoms with Crippen molar-refractivity contribution in [3.05, 3.63) is 24.3 Å². The lowest BCUT2D eigenvalue weighted by atomic mass is 10.0. The molecule has 104 valence electrons. The van der Waals surface area contributed by atoms with Crippen molar-refractivity contribution in [1.82, 2.24) is 20.2 Å². The molecule has 0 spiro atoms. The first-order chi connectivity index (χ1) is 9.15. The SMILES string of the molecule is CC(C)N1CCC(NC(=O)/C=C/c2cnc[nH]2)CC1. The van der Waals surface area contributed by atoms with Gasteiger partial charge in [-0.05, 0) is 32.8 Å². The van der Waals surface area contributed by atoms with E-state index >= 15 is 0 Å². The number of aromatic nitrogens is 2. The summed E-state index contributed by atoms with van der Waals surface area (Å²) in [6.07, 6.45) is 8.64. The van der Waals surface area contributed by atoms with E-state index in [1.54, 1.807) is 24.7 Å². The Hall–Kier alpha value is -1.62. The summed E-state index contributed by atoms with van der Waals surface area (Å²) in [7, 11) is 0. The van der Waals surface area contributed by atoms with Crippen LogP contribution in [-0.4, -0.2) is 45.9 Å². The molecule has 1 aliphatic rings. The zero-order chi connectivity index (χ0) is 13.7. The molecule has 0 aromatic carbocycles. The molecule has 1 aromatic heterocycles. The number of hydrogen-bond acceptors (Lipinski definition) is 3. The van der Waals surface area contributed by atoms with Crippen LogP contribution in [-0.2, 0) is 4.79 Å². The Bertz CT molecular complexity index is 417. The number of aromatic amines is 1. The highest BCUT2D eigenvalue weighted by atomic mass is 16.1. The van der Waals surface area contributed by atoms with Crippen molar-refractivity contribution in [3.63, 3.8) is 0 Å². The van der Waals surface area contributed by atoms with Gasteiger partial charge in [-0.2, -0.15) is 0 Å².